The molecule has 2 saturated heterocycles. The lowest BCUT2D eigenvalue weighted by atomic mass is 9.83. The number of hydrogen-bond acceptors (Lipinski definition) is 14. The molecule has 14 nitrogen and oxygen atoms in total. The predicted octanol–water partition coefficient (Wildman–Crippen LogP) is -2.35. The molecule has 0 spiro atoms. The molecule has 0 amide bonds. The van der Waals surface area contributed by atoms with Crippen molar-refractivity contribution in [2.24, 2.45) is 0 Å². The van der Waals surface area contributed by atoms with Gasteiger partial charge >= 0.3 is 0 Å². The molecule has 10 unspecified atom stereocenters. The van der Waals surface area contributed by atoms with Gasteiger partial charge in [-0.05, 0) is 12.0 Å². The van der Waals surface area contributed by atoms with Crippen molar-refractivity contribution in [1.29, 1.82) is 0 Å². The van der Waals surface area contributed by atoms with Gasteiger partial charge in [0.25, 0.3) is 0 Å². The minimum Gasteiger partial charge on any atom is -0.507 e. The summed E-state index contributed by atoms with van der Waals surface area (Å²) in [7, 11) is 0. The van der Waals surface area contributed by atoms with Crippen LogP contribution in [0.5, 0.6) is 17.2 Å². The number of benzene rings is 2. The van der Waals surface area contributed by atoms with Gasteiger partial charge in [-0.25, -0.2) is 0 Å². The van der Waals surface area contributed by atoms with Gasteiger partial charge in [0.05, 0.1) is 24.3 Å². The van der Waals surface area contributed by atoms with E-state index in [1.165, 1.54) is 0 Å². The van der Waals surface area contributed by atoms with Crippen molar-refractivity contribution in [1.82, 2.24) is 0 Å². The fourth-order valence-electron chi connectivity index (χ4n) is 5.26. The van der Waals surface area contributed by atoms with Crippen molar-refractivity contribution in [3.63, 3.8) is 0 Å². The molecule has 2 heterocycles. The zero-order valence-corrected chi connectivity index (χ0v) is 21.6. The minimum atomic E-state index is -2.04. The lowest BCUT2D eigenvalue weighted by Crippen LogP contribution is -2.55. The first kappa shape index (κ1) is 31.1. The van der Waals surface area contributed by atoms with E-state index < -0.39 is 114 Å². The molecular formula is C27H34O14. The van der Waals surface area contributed by atoms with Gasteiger partial charge in [0.2, 0.25) is 0 Å². The molecule has 11 N–H and O–H groups in total. The van der Waals surface area contributed by atoms with Crippen LogP contribution in [0.2, 0.25) is 0 Å². The van der Waals surface area contributed by atoms with Crippen molar-refractivity contribution in [3.8, 4) is 17.2 Å². The highest BCUT2D eigenvalue weighted by Crippen LogP contribution is 2.52. The lowest BCUT2D eigenvalue weighted by Gasteiger charge is -2.42. The van der Waals surface area contributed by atoms with Crippen LogP contribution in [0, 0.1) is 0 Å². The summed E-state index contributed by atoms with van der Waals surface area (Å²) in [6.45, 7) is -1.72. The Morgan fingerprint density at radius 3 is 1.49 bits per heavy atom. The molecule has 2 aromatic carbocycles. The fraction of sp³-hybridized carbons (Fsp3) is 0.519. The zero-order chi connectivity index (χ0) is 30.2. The van der Waals surface area contributed by atoms with Crippen molar-refractivity contribution in [2.45, 2.75) is 73.9 Å². The SMILES string of the molecule is O=C(CCc1ccccc1)c1c(O)c(C2OC(CO)C(O)C(O)C2O)c(O)c(C2OC(CO)C(O)C(O)C2O)c1O. The van der Waals surface area contributed by atoms with Gasteiger partial charge in [-0.2, -0.15) is 0 Å². The zero-order valence-electron chi connectivity index (χ0n) is 21.6. The van der Waals surface area contributed by atoms with Crippen LogP contribution in [0.4, 0.5) is 0 Å². The van der Waals surface area contributed by atoms with Crippen LogP contribution in [0.3, 0.4) is 0 Å². The summed E-state index contributed by atoms with van der Waals surface area (Å²) < 4.78 is 11.0. The number of aliphatic hydroxyl groups excluding tert-OH is 8. The molecule has 10 atom stereocenters. The lowest BCUT2D eigenvalue weighted by molar-refractivity contribution is -0.234. The third kappa shape index (κ3) is 5.63. The number of aliphatic hydroxyl groups is 8. The number of ketones is 1. The second-order valence-electron chi connectivity index (χ2n) is 10.2. The first-order chi connectivity index (χ1) is 19.4. The summed E-state index contributed by atoms with van der Waals surface area (Å²) in [5, 5.41) is 115. The number of aromatic hydroxyl groups is 3. The summed E-state index contributed by atoms with van der Waals surface area (Å²) >= 11 is 0. The second-order valence-corrected chi connectivity index (χ2v) is 10.2. The Morgan fingerprint density at radius 1 is 0.634 bits per heavy atom. The molecule has 2 aliphatic heterocycles. The summed E-state index contributed by atoms with van der Waals surface area (Å²) in [5.41, 5.74) is -1.55. The fourth-order valence-corrected chi connectivity index (χ4v) is 5.26. The molecule has 0 bridgehead atoms. The van der Waals surface area contributed by atoms with Crippen molar-refractivity contribution in [2.75, 3.05) is 13.2 Å². The number of phenols is 3. The number of Topliss-reactive ketones (excluding diaryl/α,β-unsaturated/α-hetero) is 1. The molecule has 0 aromatic heterocycles. The molecule has 14 heteroatoms. The molecule has 2 aliphatic rings. The summed E-state index contributed by atoms with van der Waals surface area (Å²) in [5.74, 6) is -4.07. The Morgan fingerprint density at radius 2 is 1.07 bits per heavy atom. The van der Waals surface area contributed by atoms with Crippen LogP contribution >= 0.6 is 0 Å². The molecule has 4 rings (SSSR count). The Hall–Kier alpha value is -2.89. The average molecular weight is 583 g/mol. The van der Waals surface area contributed by atoms with Gasteiger partial charge in [-0.15, -0.1) is 0 Å². The van der Waals surface area contributed by atoms with Crippen molar-refractivity contribution in [3.05, 3.63) is 52.6 Å². The Kier molecular flexibility index (Phi) is 9.50. The number of carbonyl (C=O) groups excluding carboxylic acids is 1. The highest BCUT2D eigenvalue weighted by molar-refractivity contribution is 6.02. The quantitative estimate of drug-likeness (QED) is 0.146. The van der Waals surface area contributed by atoms with E-state index in [4.69, 9.17) is 9.47 Å². The molecule has 226 valence electrons. The van der Waals surface area contributed by atoms with Gasteiger partial charge in [-0.1, -0.05) is 30.3 Å². The number of ether oxygens (including phenoxy) is 2. The Labute approximate surface area is 233 Å². The summed E-state index contributed by atoms with van der Waals surface area (Å²) in [4.78, 5) is 13.4. The third-order valence-corrected chi connectivity index (χ3v) is 7.61. The maximum Gasteiger partial charge on any atom is 0.170 e. The predicted molar refractivity (Wildman–Crippen MR) is 136 cm³/mol. The van der Waals surface area contributed by atoms with Crippen LogP contribution < -0.4 is 0 Å². The van der Waals surface area contributed by atoms with Gasteiger partial charge < -0.3 is 65.6 Å². The molecular weight excluding hydrogens is 548 g/mol. The summed E-state index contributed by atoms with van der Waals surface area (Å²) in [6, 6.07) is 8.72. The first-order valence-corrected chi connectivity index (χ1v) is 12.9. The molecule has 0 radical (unpaired) electrons. The maximum atomic E-state index is 13.4. The van der Waals surface area contributed by atoms with E-state index in [9.17, 15) is 61.0 Å². The average Bonchev–Trinajstić information content (AvgIpc) is 2.96. The molecule has 2 aromatic rings. The topological polar surface area (TPSA) is 258 Å². The van der Waals surface area contributed by atoms with Gasteiger partial charge in [-0.3, -0.25) is 4.79 Å². The first-order valence-electron chi connectivity index (χ1n) is 12.9. The van der Waals surface area contributed by atoms with E-state index in [-0.39, 0.29) is 12.8 Å². The third-order valence-electron chi connectivity index (χ3n) is 7.61. The van der Waals surface area contributed by atoms with E-state index >= 15 is 0 Å². The van der Waals surface area contributed by atoms with E-state index in [1.807, 2.05) is 0 Å². The van der Waals surface area contributed by atoms with Crippen LogP contribution in [0.25, 0.3) is 0 Å². The highest BCUT2D eigenvalue weighted by atomic mass is 16.6. The second kappa shape index (κ2) is 12.5. The van der Waals surface area contributed by atoms with E-state index in [0.717, 1.165) is 5.56 Å². The Bertz CT molecular complexity index is 1160. The number of carbonyl (C=O) groups is 1. The molecule has 0 saturated carbocycles. The van der Waals surface area contributed by atoms with Crippen LogP contribution in [0.1, 0.15) is 45.7 Å². The normalized spacial score (nSPS) is 34.0. The largest absolute Gasteiger partial charge is 0.507 e. The van der Waals surface area contributed by atoms with Gasteiger partial charge in [0, 0.05) is 6.42 Å². The van der Waals surface area contributed by atoms with Crippen LogP contribution in [-0.2, 0) is 15.9 Å². The standard InChI is InChI=1S/C27H34O14/c28-8-12-17(31)22(36)24(38)26(40-12)15-19(33)14(11(30)7-6-10-4-2-1-3-5-10)20(34)16(21(15)35)27-25(39)23(37)18(32)13(9-29)41-27/h1-5,12-13,17-18,22-29,31-39H,6-9H2. The van der Waals surface area contributed by atoms with Gasteiger partial charge in [0.1, 0.15) is 83.9 Å². The maximum absolute atomic E-state index is 13.4. The molecule has 2 fully saturated rings. The summed E-state index contributed by atoms with van der Waals surface area (Å²) in [6.07, 6.45) is -18.5. The Balaban J connectivity index is 1.88. The number of phenolic OH excluding ortho intramolecular Hbond substituents is 3. The van der Waals surface area contributed by atoms with E-state index in [1.54, 1.807) is 30.3 Å². The molecule has 0 aliphatic carbocycles. The minimum absolute atomic E-state index is 0.157. The van der Waals surface area contributed by atoms with E-state index in [0.29, 0.717) is 0 Å². The molecule has 41 heavy (non-hydrogen) atoms. The van der Waals surface area contributed by atoms with Crippen molar-refractivity contribution < 1.29 is 70.4 Å². The number of aryl methyl sites for hydroxylation is 1. The van der Waals surface area contributed by atoms with Gasteiger partial charge in [0.15, 0.2) is 5.78 Å². The smallest absolute Gasteiger partial charge is 0.170 e. The van der Waals surface area contributed by atoms with Crippen LogP contribution in [0.15, 0.2) is 30.3 Å². The van der Waals surface area contributed by atoms with Crippen LogP contribution in [-0.4, -0.2) is 124 Å². The van der Waals surface area contributed by atoms with Crippen molar-refractivity contribution >= 4 is 5.78 Å². The highest BCUT2D eigenvalue weighted by Gasteiger charge is 2.50. The number of rotatable bonds is 8. The number of hydrogen-bond donors (Lipinski definition) is 11. The van der Waals surface area contributed by atoms with E-state index in [2.05, 4.69) is 0 Å². The monoisotopic (exact) mass is 582 g/mol.